The van der Waals surface area contributed by atoms with E-state index in [0.29, 0.717) is 6.04 Å². The molecular formula is C21H34N4O2. The number of piperidine rings is 1. The minimum Gasteiger partial charge on any atom is -0.469 e. The highest BCUT2D eigenvalue weighted by molar-refractivity contribution is 5.80. The maximum Gasteiger partial charge on any atom is 0.308 e. The van der Waals surface area contributed by atoms with Gasteiger partial charge in [-0.05, 0) is 39.3 Å². The molecule has 0 bridgehead atoms. The molecule has 1 aromatic carbocycles. The summed E-state index contributed by atoms with van der Waals surface area (Å²) in [7, 11) is 3.61. The van der Waals surface area contributed by atoms with Crippen molar-refractivity contribution in [3.05, 3.63) is 35.9 Å². The van der Waals surface area contributed by atoms with Gasteiger partial charge in [-0.1, -0.05) is 30.3 Å². The molecule has 0 aromatic heterocycles. The third-order valence-electron chi connectivity index (χ3n) is 5.20. The van der Waals surface area contributed by atoms with Gasteiger partial charge >= 0.3 is 5.97 Å². The fourth-order valence-electron chi connectivity index (χ4n) is 3.30. The van der Waals surface area contributed by atoms with E-state index in [1.807, 2.05) is 6.07 Å². The van der Waals surface area contributed by atoms with Crippen LogP contribution in [0.2, 0.25) is 0 Å². The predicted molar refractivity (Wildman–Crippen MR) is 110 cm³/mol. The van der Waals surface area contributed by atoms with Crippen LogP contribution in [0.3, 0.4) is 0 Å². The largest absolute Gasteiger partial charge is 0.469 e. The van der Waals surface area contributed by atoms with Crippen molar-refractivity contribution < 1.29 is 9.53 Å². The number of aliphatic imine (C=N–C) groups is 1. The molecule has 1 heterocycles. The first-order valence-corrected chi connectivity index (χ1v) is 9.90. The lowest BCUT2D eigenvalue weighted by atomic mass is 9.97. The molecule has 27 heavy (non-hydrogen) atoms. The number of nitrogens with one attached hydrogen (secondary N) is 1. The van der Waals surface area contributed by atoms with E-state index in [9.17, 15) is 4.79 Å². The lowest BCUT2D eigenvalue weighted by Crippen LogP contribution is -2.47. The van der Waals surface area contributed by atoms with Crippen molar-refractivity contribution in [2.75, 3.05) is 40.3 Å². The molecule has 6 heteroatoms. The molecule has 1 unspecified atom stereocenters. The summed E-state index contributed by atoms with van der Waals surface area (Å²) in [6.45, 7) is 8.45. The Morgan fingerprint density at radius 3 is 2.59 bits per heavy atom. The predicted octanol–water partition coefficient (Wildman–Crippen LogP) is 2.36. The quantitative estimate of drug-likeness (QED) is 0.451. The average Bonchev–Trinajstić information content (AvgIpc) is 2.71. The third-order valence-corrected chi connectivity index (χ3v) is 5.20. The smallest absolute Gasteiger partial charge is 0.308 e. The normalized spacial score (nSPS) is 17.1. The van der Waals surface area contributed by atoms with Gasteiger partial charge in [-0.15, -0.1) is 0 Å². The molecule has 0 radical (unpaired) electrons. The van der Waals surface area contributed by atoms with Crippen LogP contribution in [0.15, 0.2) is 35.3 Å². The SMILES string of the molecule is CCNC(=NCC(C)N(C)Cc1ccccc1)N1CCC(C(=O)OC)CC1. The van der Waals surface area contributed by atoms with Gasteiger partial charge in [0.15, 0.2) is 5.96 Å². The summed E-state index contributed by atoms with van der Waals surface area (Å²) in [6, 6.07) is 10.8. The second-order valence-corrected chi connectivity index (χ2v) is 7.23. The van der Waals surface area contributed by atoms with Gasteiger partial charge < -0.3 is 15.0 Å². The lowest BCUT2D eigenvalue weighted by molar-refractivity contribution is -0.146. The average molecular weight is 375 g/mol. The number of methoxy groups -OCH3 is 1. The molecule has 1 fully saturated rings. The van der Waals surface area contributed by atoms with Gasteiger partial charge in [0.25, 0.3) is 0 Å². The van der Waals surface area contributed by atoms with Crippen LogP contribution < -0.4 is 5.32 Å². The van der Waals surface area contributed by atoms with Crippen molar-refractivity contribution in [3.8, 4) is 0 Å². The summed E-state index contributed by atoms with van der Waals surface area (Å²) in [5.41, 5.74) is 1.31. The van der Waals surface area contributed by atoms with Crippen molar-refractivity contribution in [2.24, 2.45) is 10.9 Å². The molecule has 1 aliphatic rings. The number of hydrogen-bond donors (Lipinski definition) is 1. The molecule has 6 nitrogen and oxygen atoms in total. The molecule has 1 atom stereocenters. The zero-order valence-electron chi connectivity index (χ0n) is 17.1. The maximum absolute atomic E-state index is 11.7. The summed E-state index contributed by atoms with van der Waals surface area (Å²) in [5.74, 6) is 0.874. The number of likely N-dealkylation sites (tertiary alicyclic amines) is 1. The highest BCUT2D eigenvalue weighted by Gasteiger charge is 2.27. The fraction of sp³-hybridized carbons (Fsp3) is 0.619. The molecule has 1 aromatic rings. The van der Waals surface area contributed by atoms with Crippen LogP contribution in [0.1, 0.15) is 32.3 Å². The molecule has 0 saturated carbocycles. The minimum absolute atomic E-state index is 0.0186. The molecule has 0 amide bonds. The Labute approximate surface area is 163 Å². The van der Waals surface area contributed by atoms with E-state index >= 15 is 0 Å². The highest BCUT2D eigenvalue weighted by Crippen LogP contribution is 2.18. The highest BCUT2D eigenvalue weighted by atomic mass is 16.5. The topological polar surface area (TPSA) is 57.2 Å². The first kappa shape index (κ1) is 21.2. The Morgan fingerprint density at radius 2 is 2.00 bits per heavy atom. The monoisotopic (exact) mass is 374 g/mol. The second kappa shape index (κ2) is 10.9. The Balaban J connectivity index is 1.89. The summed E-state index contributed by atoms with van der Waals surface area (Å²) >= 11 is 0. The van der Waals surface area contributed by atoms with Crippen LogP contribution in [0.25, 0.3) is 0 Å². The van der Waals surface area contributed by atoms with Crippen LogP contribution in [-0.2, 0) is 16.1 Å². The van der Waals surface area contributed by atoms with E-state index in [1.165, 1.54) is 12.7 Å². The van der Waals surface area contributed by atoms with Gasteiger partial charge in [0, 0.05) is 32.2 Å². The summed E-state index contributed by atoms with van der Waals surface area (Å²) < 4.78 is 4.88. The number of carbonyl (C=O) groups is 1. The van der Waals surface area contributed by atoms with Gasteiger partial charge in [-0.25, -0.2) is 0 Å². The van der Waals surface area contributed by atoms with Crippen molar-refractivity contribution in [1.29, 1.82) is 0 Å². The number of guanidine groups is 1. The minimum atomic E-state index is -0.0900. The molecule has 1 N–H and O–H groups in total. The zero-order valence-corrected chi connectivity index (χ0v) is 17.1. The van der Waals surface area contributed by atoms with Crippen molar-refractivity contribution in [1.82, 2.24) is 15.1 Å². The number of hydrogen-bond acceptors (Lipinski definition) is 4. The number of nitrogens with zero attached hydrogens (tertiary/aromatic N) is 3. The van der Waals surface area contributed by atoms with Crippen molar-refractivity contribution >= 4 is 11.9 Å². The molecule has 0 spiro atoms. The van der Waals surface area contributed by atoms with Gasteiger partial charge in [0.2, 0.25) is 0 Å². The summed E-state index contributed by atoms with van der Waals surface area (Å²) in [4.78, 5) is 21.2. The first-order valence-electron chi connectivity index (χ1n) is 9.90. The van der Waals surface area contributed by atoms with Crippen molar-refractivity contribution in [3.63, 3.8) is 0 Å². The van der Waals surface area contributed by atoms with Gasteiger partial charge in [-0.3, -0.25) is 14.7 Å². The maximum atomic E-state index is 11.7. The number of rotatable bonds is 7. The van der Waals surface area contributed by atoms with Crippen molar-refractivity contribution in [2.45, 2.75) is 39.3 Å². The van der Waals surface area contributed by atoms with E-state index in [0.717, 1.165) is 51.5 Å². The number of likely N-dealkylation sites (N-methyl/N-ethyl adjacent to an activating group) is 1. The van der Waals surface area contributed by atoms with Crippen LogP contribution in [0.5, 0.6) is 0 Å². The zero-order chi connectivity index (χ0) is 19.6. The van der Waals surface area contributed by atoms with E-state index in [2.05, 4.69) is 60.3 Å². The second-order valence-electron chi connectivity index (χ2n) is 7.23. The van der Waals surface area contributed by atoms with Crippen LogP contribution in [0, 0.1) is 5.92 Å². The number of esters is 1. The Hall–Kier alpha value is -2.08. The van der Waals surface area contributed by atoms with E-state index in [-0.39, 0.29) is 11.9 Å². The van der Waals surface area contributed by atoms with Crippen LogP contribution in [-0.4, -0.2) is 68.1 Å². The van der Waals surface area contributed by atoms with E-state index < -0.39 is 0 Å². The van der Waals surface area contributed by atoms with Crippen LogP contribution >= 0.6 is 0 Å². The Morgan fingerprint density at radius 1 is 1.33 bits per heavy atom. The first-order chi connectivity index (χ1) is 13.0. The summed E-state index contributed by atoms with van der Waals surface area (Å²) in [5, 5.41) is 3.40. The molecule has 1 aliphatic heterocycles. The Kier molecular flexibility index (Phi) is 8.58. The van der Waals surface area contributed by atoms with Gasteiger partial charge in [0.1, 0.15) is 0 Å². The molecular weight excluding hydrogens is 340 g/mol. The standard InChI is InChI=1S/C21H34N4O2/c1-5-22-21(25-13-11-19(12-14-25)20(26)27-4)23-15-17(2)24(3)16-18-9-7-6-8-10-18/h6-10,17,19H,5,11-16H2,1-4H3,(H,22,23). The van der Waals surface area contributed by atoms with Crippen LogP contribution in [0.4, 0.5) is 0 Å². The van der Waals surface area contributed by atoms with E-state index in [4.69, 9.17) is 9.73 Å². The number of carbonyl (C=O) groups excluding carboxylic acids is 1. The summed E-state index contributed by atoms with van der Waals surface area (Å²) in [6.07, 6.45) is 1.64. The molecule has 0 aliphatic carbocycles. The van der Waals surface area contributed by atoms with E-state index in [1.54, 1.807) is 0 Å². The Bertz CT molecular complexity index is 597. The van der Waals surface area contributed by atoms with Gasteiger partial charge in [-0.2, -0.15) is 0 Å². The third kappa shape index (κ3) is 6.54. The fourth-order valence-corrected chi connectivity index (χ4v) is 3.30. The van der Waals surface area contributed by atoms with Gasteiger partial charge in [0.05, 0.1) is 19.6 Å². The molecule has 150 valence electrons. The molecule has 1 saturated heterocycles. The molecule has 2 rings (SSSR count). The number of benzene rings is 1. The lowest BCUT2D eigenvalue weighted by Gasteiger charge is -2.33. The number of ether oxygens (including phenoxy) is 1.